The summed E-state index contributed by atoms with van der Waals surface area (Å²) in [5.41, 5.74) is 1.12. The summed E-state index contributed by atoms with van der Waals surface area (Å²) in [7, 11) is 0. The quantitative estimate of drug-likeness (QED) is 0.782. The zero-order valence-electron chi connectivity index (χ0n) is 10.2. The monoisotopic (exact) mass is 267 g/mol. The number of hydrogen-bond donors (Lipinski definition) is 0. The van der Waals surface area contributed by atoms with Gasteiger partial charge in [0.1, 0.15) is 4.32 Å². The average Bonchev–Trinajstić information content (AvgIpc) is 2.32. The van der Waals surface area contributed by atoms with Crippen molar-refractivity contribution >= 4 is 28.3 Å². The Balaban J connectivity index is 1.97. The van der Waals surface area contributed by atoms with Gasteiger partial charge in [-0.15, -0.1) is 0 Å². The zero-order chi connectivity index (χ0) is 12.3. The van der Waals surface area contributed by atoms with E-state index < -0.39 is 0 Å². The highest BCUT2D eigenvalue weighted by Crippen LogP contribution is 2.21. The van der Waals surface area contributed by atoms with Crippen LogP contribution in [0.1, 0.15) is 19.5 Å². The van der Waals surface area contributed by atoms with E-state index in [0.29, 0.717) is 6.04 Å². The van der Waals surface area contributed by atoms with Gasteiger partial charge in [0.15, 0.2) is 0 Å². The normalized spacial score (nSPS) is 17.8. The van der Waals surface area contributed by atoms with Crippen molar-refractivity contribution < 1.29 is 0 Å². The fourth-order valence-corrected chi connectivity index (χ4v) is 3.06. The molecule has 0 aliphatic carbocycles. The van der Waals surface area contributed by atoms with Gasteiger partial charge in [-0.25, -0.2) is 0 Å². The summed E-state index contributed by atoms with van der Waals surface area (Å²) < 4.78 is 1.01. The van der Waals surface area contributed by atoms with Crippen molar-refractivity contribution in [2.75, 3.05) is 12.5 Å². The van der Waals surface area contributed by atoms with E-state index in [1.54, 1.807) is 11.8 Å². The molecule has 5 heteroatoms. The van der Waals surface area contributed by atoms with Crippen LogP contribution in [0.2, 0.25) is 0 Å². The Morgan fingerprint density at radius 2 is 2.29 bits per heavy atom. The minimum absolute atomic E-state index is 0.460. The van der Waals surface area contributed by atoms with Crippen molar-refractivity contribution in [2.24, 2.45) is 0 Å². The summed E-state index contributed by atoms with van der Waals surface area (Å²) >= 11 is 7.10. The van der Waals surface area contributed by atoms with E-state index >= 15 is 0 Å². The molecule has 0 N–H and O–H groups in total. The zero-order valence-corrected chi connectivity index (χ0v) is 11.8. The van der Waals surface area contributed by atoms with Crippen LogP contribution in [0.4, 0.5) is 0 Å². The van der Waals surface area contributed by atoms with Gasteiger partial charge in [-0.2, -0.15) is 0 Å². The number of thioether (sulfide) groups is 1. The Kier molecular flexibility index (Phi) is 4.36. The van der Waals surface area contributed by atoms with Crippen LogP contribution >= 0.6 is 24.0 Å². The lowest BCUT2D eigenvalue weighted by atomic mass is 10.3. The van der Waals surface area contributed by atoms with Crippen LogP contribution in [-0.4, -0.2) is 37.7 Å². The molecule has 0 atom stereocenters. The number of nitrogens with zero attached hydrogens (tertiary/aromatic N) is 3. The SMILES string of the molecule is CC(C)N1CN(Cc2ccccn2)CSC1=S. The molecule has 2 rings (SSSR count). The molecule has 17 heavy (non-hydrogen) atoms. The van der Waals surface area contributed by atoms with Crippen molar-refractivity contribution in [3.8, 4) is 0 Å². The molecule has 0 amide bonds. The van der Waals surface area contributed by atoms with Gasteiger partial charge in [0, 0.05) is 18.8 Å². The Morgan fingerprint density at radius 1 is 1.47 bits per heavy atom. The van der Waals surface area contributed by atoms with Gasteiger partial charge in [0.25, 0.3) is 0 Å². The molecule has 0 spiro atoms. The predicted molar refractivity (Wildman–Crippen MR) is 76.7 cm³/mol. The van der Waals surface area contributed by atoms with Crippen LogP contribution in [0.15, 0.2) is 24.4 Å². The summed E-state index contributed by atoms with van der Waals surface area (Å²) in [5.74, 6) is 0.957. The molecule has 1 aromatic rings. The highest BCUT2D eigenvalue weighted by Gasteiger charge is 2.23. The van der Waals surface area contributed by atoms with Crippen molar-refractivity contribution in [3.63, 3.8) is 0 Å². The minimum atomic E-state index is 0.460. The number of aromatic nitrogens is 1. The summed E-state index contributed by atoms with van der Waals surface area (Å²) in [5, 5.41) is 0. The molecule has 1 aliphatic rings. The average molecular weight is 267 g/mol. The second kappa shape index (κ2) is 5.80. The van der Waals surface area contributed by atoms with Gasteiger partial charge in [-0.3, -0.25) is 9.88 Å². The minimum Gasteiger partial charge on any atom is -0.342 e. The number of hydrogen-bond acceptors (Lipinski definition) is 4. The van der Waals surface area contributed by atoms with Crippen LogP contribution < -0.4 is 0 Å². The maximum Gasteiger partial charge on any atom is 0.138 e. The van der Waals surface area contributed by atoms with Crippen LogP contribution in [-0.2, 0) is 6.54 Å². The van der Waals surface area contributed by atoms with E-state index in [1.165, 1.54) is 0 Å². The van der Waals surface area contributed by atoms with E-state index in [9.17, 15) is 0 Å². The summed E-state index contributed by atoms with van der Waals surface area (Å²) in [6.07, 6.45) is 1.84. The van der Waals surface area contributed by atoms with Crippen LogP contribution in [0.3, 0.4) is 0 Å². The largest absolute Gasteiger partial charge is 0.342 e. The first kappa shape index (κ1) is 12.8. The molecule has 0 aromatic carbocycles. The van der Waals surface area contributed by atoms with Crippen molar-refractivity contribution in [1.82, 2.24) is 14.8 Å². The molecule has 0 bridgehead atoms. The Labute approximate surface area is 112 Å². The lowest BCUT2D eigenvalue weighted by molar-refractivity contribution is 0.180. The summed E-state index contributed by atoms with van der Waals surface area (Å²) in [4.78, 5) is 8.98. The first-order valence-corrected chi connectivity index (χ1v) is 7.12. The number of thiocarbonyl (C=S) groups is 1. The maximum atomic E-state index is 5.37. The van der Waals surface area contributed by atoms with E-state index in [1.807, 2.05) is 18.3 Å². The topological polar surface area (TPSA) is 19.4 Å². The third-order valence-corrected chi connectivity index (χ3v) is 4.26. The Bertz CT molecular complexity index is 381. The first-order chi connectivity index (χ1) is 8.16. The van der Waals surface area contributed by atoms with E-state index in [4.69, 9.17) is 12.2 Å². The fourth-order valence-electron chi connectivity index (χ4n) is 1.73. The van der Waals surface area contributed by atoms with E-state index in [2.05, 4.69) is 34.7 Å². The standard InChI is InChI=1S/C12H17N3S2/c1-10(2)15-8-14(9-17-12(15)16)7-11-5-3-4-6-13-11/h3-6,10H,7-9H2,1-2H3. The molecule has 0 radical (unpaired) electrons. The van der Waals surface area contributed by atoms with Gasteiger partial charge in [0.2, 0.25) is 0 Å². The molecule has 92 valence electrons. The molecule has 0 saturated carbocycles. The smallest absolute Gasteiger partial charge is 0.138 e. The molecular formula is C12H17N3S2. The molecular weight excluding hydrogens is 250 g/mol. The van der Waals surface area contributed by atoms with Gasteiger partial charge in [-0.05, 0) is 26.0 Å². The van der Waals surface area contributed by atoms with E-state index in [-0.39, 0.29) is 0 Å². The molecule has 1 aliphatic heterocycles. The second-order valence-corrected chi connectivity index (χ2v) is 5.97. The van der Waals surface area contributed by atoms with Crippen LogP contribution in [0.25, 0.3) is 0 Å². The Hall–Kier alpha value is -0.650. The summed E-state index contributed by atoms with van der Waals surface area (Å²) in [6, 6.07) is 6.51. The molecule has 1 saturated heterocycles. The molecule has 1 fully saturated rings. The van der Waals surface area contributed by atoms with Crippen LogP contribution in [0, 0.1) is 0 Å². The fraction of sp³-hybridized carbons (Fsp3) is 0.500. The van der Waals surface area contributed by atoms with Crippen molar-refractivity contribution in [3.05, 3.63) is 30.1 Å². The first-order valence-electron chi connectivity index (χ1n) is 5.72. The molecule has 2 heterocycles. The van der Waals surface area contributed by atoms with Crippen molar-refractivity contribution in [2.45, 2.75) is 26.4 Å². The highest BCUT2D eigenvalue weighted by molar-refractivity contribution is 8.22. The molecule has 3 nitrogen and oxygen atoms in total. The van der Waals surface area contributed by atoms with E-state index in [0.717, 1.165) is 29.1 Å². The van der Waals surface area contributed by atoms with Crippen LogP contribution in [0.5, 0.6) is 0 Å². The van der Waals surface area contributed by atoms with Gasteiger partial charge < -0.3 is 4.90 Å². The van der Waals surface area contributed by atoms with Gasteiger partial charge in [0.05, 0.1) is 18.2 Å². The third-order valence-electron chi connectivity index (χ3n) is 2.69. The van der Waals surface area contributed by atoms with Crippen molar-refractivity contribution in [1.29, 1.82) is 0 Å². The number of pyridine rings is 1. The molecule has 0 unspecified atom stereocenters. The lowest BCUT2D eigenvalue weighted by Gasteiger charge is -2.38. The van der Waals surface area contributed by atoms with Gasteiger partial charge >= 0.3 is 0 Å². The summed E-state index contributed by atoms with van der Waals surface area (Å²) in [6.45, 7) is 6.15. The number of rotatable bonds is 3. The lowest BCUT2D eigenvalue weighted by Crippen LogP contribution is -2.47. The Morgan fingerprint density at radius 3 is 2.94 bits per heavy atom. The third kappa shape index (κ3) is 3.40. The highest BCUT2D eigenvalue weighted by atomic mass is 32.2. The predicted octanol–water partition coefficient (Wildman–Crippen LogP) is 2.54. The van der Waals surface area contributed by atoms with Gasteiger partial charge in [-0.1, -0.05) is 30.0 Å². The maximum absolute atomic E-state index is 5.37. The second-order valence-electron chi connectivity index (χ2n) is 4.39. The molecule has 1 aromatic heterocycles.